The molecule has 2 heterocycles. The predicted molar refractivity (Wildman–Crippen MR) is 123 cm³/mol. The van der Waals surface area contributed by atoms with Gasteiger partial charge in [-0.1, -0.05) is 35.9 Å². The van der Waals surface area contributed by atoms with E-state index in [2.05, 4.69) is 0 Å². The molecule has 1 N–H and O–H groups in total. The Balaban J connectivity index is 1.61. The minimum Gasteiger partial charge on any atom is -0.504 e. The normalized spacial score (nSPS) is 26.7. The molecule has 0 spiro atoms. The summed E-state index contributed by atoms with van der Waals surface area (Å²) in [6.45, 7) is 0.198. The van der Waals surface area contributed by atoms with Gasteiger partial charge in [0.15, 0.2) is 23.0 Å². The highest BCUT2D eigenvalue weighted by atomic mass is 35.5. The summed E-state index contributed by atoms with van der Waals surface area (Å²) in [6.07, 6.45) is 1.56. The van der Waals surface area contributed by atoms with Crippen molar-refractivity contribution in [2.24, 2.45) is 5.92 Å². The summed E-state index contributed by atoms with van der Waals surface area (Å²) >= 11 is 12.8. The van der Waals surface area contributed by atoms with Crippen LogP contribution in [-0.2, 0) is 20.9 Å². The second kappa shape index (κ2) is 8.58. The lowest BCUT2D eigenvalue weighted by Crippen LogP contribution is -2.41. The Hall–Kier alpha value is -2.70. The number of halogens is 2. The zero-order valence-corrected chi connectivity index (χ0v) is 19.5. The van der Waals surface area contributed by atoms with Gasteiger partial charge in [0.1, 0.15) is 6.10 Å². The summed E-state index contributed by atoms with van der Waals surface area (Å²) in [5.41, 5.74) is 1.74. The number of methoxy groups -OCH3 is 1. The molecule has 0 radical (unpaired) electrons. The number of ketones is 1. The van der Waals surface area contributed by atoms with Crippen LogP contribution < -0.4 is 4.74 Å². The van der Waals surface area contributed by atoms with E-state index in [0.717, 1.165) is 12.0 Å². The van der Waals surface area contributed by atoms with E-state index in [-0.39, 0.29) is 52.9 Å². The van der Waals surface area contributed by atoms with Crippen molar-refractivity contribution in [1.29, 1.82) is 0 Å². The maximum absolute atomic E-state index is 13.7. The van der Waals surface area contributed by atoms with Crippen LogP contribution in [0.15, 0.2) is 53.8 Å². The van der Waals surface area contributed by atoms with Gasteiger partial charge in [-0.05, 0) is 48.6 Å². The van der Waals surface area contributed by atoms with Gasteiger partial charge < -0.3 is 19.5 Å². The van der Waals surface area contributed by atoms with E-state index in [1.807, 2.05) is 18.2 Å². The fourth-order valence-corrected chi connectivity index (χ4v) is 5.56. The van der Waals surface area contributed by atoms with Crippen molar-refractivity contribution in [2.75, 3.05) is 7.11 Å². The van der Waals surface area contributed by atoms with E-state index >= 15 is 0 Å². The van der Waals surface area contributed by atoms with Crippen LogP contribution in [-0.4, -0.2) is 40.3 Å². The van der Waals surface area contributed by atoms with Crippen LogP contribution >= 0.6 is 23.2 Å². The average molecular weight is 488 g/mol. The monoisotopic (exact) mass is 487 g/mol. The Bertz CT molecular complexity index is 1160. The van der Waals surface area contributed by atoms with Crippen LogP contribution in [0, 0.1) is 5.92 Å². The van der Waals surface area contributed by atoms with Crippen molar-refractivity contribution < 1.29 is 24.2 Å². The summed E-state index contributed by atoms with van der Waals surface area (Å²) < 4.78 is 11.5. The molecule has 33 heavy (non-hydrogen) atoms. The van der Waals surface area contributed by atoms with E-state index in [1.165, 1.54) is 13.2 Å². The van der Waals surface area contributed by atoms with Gasteiger partial charge in [0, 0.05) is 16.9 Å². The van der Waals surface area contributed by atoms with Crippen LogP contribution in [0.2, 0.25) is 5.02 Å². The lowest BCUT2D eigenvalue weighted by Gasteiger charge is -2.37. The van der Waals surface area contributed by atoms with Crippen LogP contribution in [0.25, 0.3) is 0 Å². The molecule has 5 rings (SSSR count). The molecule has 8 heteroatoms. The first-order chi connectivity index (χ1) is 15.9. The van der Waals surface area contributed by atoms with E-state index in [4.69, 9.17) is 32.7 Å². The number of rotatable bonds is 4. The topological polar surface area (TPSA) is 76.1 Å². The molecule has 0 saturated heterocycles. The standard InChI is InChI=1S/C25H23Cl2NO5/c1-32-20-10-13(6-8-18(20)29)22-21-23(30)16-11-15(26)7-9-19(16)33-24(21)25(31)28(22)12-14-4-2-3-5-17(14)27/h2-6,8,10,15-16,19,22,29H,7,9,11-12H2,1H3. The first kappa shape index (κ1) is 22.1. The molecule has 2 aromatic rings. The number of hydrogen-bond acceptors (Lipinski definition) is 5. The third-order valence-corrected chi connectivity index (χ3v) is 7.46. The summed E-state index contributed by atoms with van der Waals surface area (Å²) in [6, 6.07) is 11.4. The third kappa shape index (κ3) is 3.75. The van der Waals surface area contributed by atoms with Gasteiger partial charge in [0.05, 0.1) is 24.6 Å². The van der Waals surface area contributed by atoms with Crippen molar-refractivity contribution in [3.63, 3.8) is 0 Å². The van der Waals surface area contributed by atoms with Crippen LogP contribution in [0.5, 0.6) is 11.5 Å². The first-order valence-corrected chi connectivity index (χ1v) is 11.7. The van der Waals surface area contributed by atoms with Crippen molar-refractivity contribution in [1.82, 2.24) is 4.90 Å². The Morgan fingerprint density at radius 2 is 1.97 bits per heavy atom. The van der Waals surface area contributed by atoms with Gasteiger partial charge in [-0.25, -0.2) is 0 Å². The number of carbonyl (C=O) groups is 2. The van der Waals surface area contributed by atoms with E-state index in [9.17, 15) is 14.7 Å². The van der Waals surface area contributed by atoms with Gasteiger partial charge in [-0.2, -0.15) is 0 Å². The lowest BCUT2D eigenvalue weighted by molar-refractivity contribution is -0.135. The average Bonchev–Trinajstić information content (AvgIpc) is 3.08. The number of ether oxygens (including phenoxy) is 2. The van der Waals surface area contributed by atoms with Crippen molar-refractivity contribution in [3.8, 4) is 11.5 Å². The molecule has 1 aliphatic carbocycles. The number of carbonyl (C=O) groups excluding carboxylic acids is 2. The van der Waals surface area contributed by atoms with E-state index < -0.39 is 6.04 Å². The molecule has 3 aliphatic rings. The van der Waals surface area contributed by atoms with Gasteiger partial charge >= 0.3 is 0 Å². The van der Waals surface area contributed by atoms with Crippen LogP contribution in [0.1, 0.15) is 36.4 Å². The van der Waals surface area contributed by atoms with Crippen molar-refractivity contribution in [3.05, 3.63) is 69.9 Å². The summed E-state index contributed by atoms with van der Waals surface area (Å²) in [4.78, 5) is 28.9. The van der Waals surface area contributed by atoms with Gasteiger partial charge in [0.2, 0.25) is 0 Å². The van der Waals surface area contributed by atoms with Crippen molar-refractivity contribution >= 4 is 34.9 Å². The minimum atomic E-state index is -0.692. The summed E-state index contributed by atoms with van der Waals surface area (Å²) in [5.74, 6) is -0.485. The highest BCUT2D eigenvalue weighted by Gasteiger charge is 2.52. The van der Waals surface area contributed by atoms with Crippen molar-refractivity contribution in [2.45, 2.75) is 43.3 Å². The highest BCUT2D eigenvalue weighted by molar-refractivity contribution is 6.31. The zero-order valence-electron chi connectivity index (χ0n) is 18.0. The molecular formula is C25H23Cl2NO5. The van der Waals surface area contributed by atoms with Crippen LogP contribution in [0.4, 0.5) is 0 Å². The number of hydrogen-bond donors (Lipinski definition) is 1. The largest absolute Gasteiger partial charge is 0.504 e. The Kier molecular flexibility index (Phi) is 5.75. The minimum absolute atomic E-state index is 0.0269. The molecule has 1 saturated carbocycles. The number of fused-ring (bicyclic) bond motifs is 1. The molecule has 172 valence electrons. The molecule has 1 fully saturated rings. The SMILES string of the molecule is COc1cc(C2C3=C(OC4CCC(Cl)CC4C3=O)C(=O)N2Cc2ccccc2Cl)ccc1O. The number of phenols is 1. The van der Waals surface area contributed by atoms with E-state index in [1.54, 1.807) is 23.1 Å². The molecular weight excluding hydrogens is 465 g/mol. The Labute approximate surface area is 201 Å². The molecule has 4 atom stereocenters. The summed E-state index contributed by atoms with van der Waals surface area (Å²) in [7, 11) is 1.45. The second-order valence-corrected chi connectivity index (χ2v) is 9.66. The molecule has 2 aromatic carbocycles. The number of phenolic OH excluding ortho intramolecular Hbond substituents is 1. The lowest BCUT2D eigenvalue weighted by atomic mass is 9.77. The third-order valence-electron chi connectivity index (χ3n) is 6.70. The molecule has 0 aromatic heterocycles. The zero-order chi connectivity index (χ0) is 23.3. The highest BCUT2D eigenvalue weighted by Crippen LogP contribution is 2.48. The molecule has 1 amide bonds. The Morgan fingerprint density at radius 3 is 2.73 bits per heavy atom. The fourth-order valence-electron chi connectivity index (χ4n) is 5.05. The number of nitrogens with zero attached hydrogens (tertiary/aromatic N) is 1. The van der Waals surface area contributed by atoms with Gasteiger partial charge in [0.25, 0.3) is 5.91 Å². The number of aromatic hydroxyl groups is 1. The quantitative estimate of drug-likeness (QED) is 0.628. The number of amides is 1. The molecule has 0 bridgehead atoms. The number of alkyl halides is 1. The maximum atomic E-state index is 13.7. The predicted octanol–water partition coefficient (Wildman–Crippen LogP) is 4.77. The molecule has 4 unspecified atom stereocenters. The Morgan fingerprint density at radius 1 is 1.18 bits per heavy atom. The number of Topliss-reactive ketones (excluding diaryl/α,β-unsaturated/α-hetero) is 1. The van der Waals surface area contributed by atoms with Gasteiger partial charge in [-0.15, -0.1) is 11.6 Å². The molecule has 2 aliphatic heterocycles. The first-order valence-electron chi connectivity index (χ1n) is 10.9. The number of benzene rings is 2. The second-order valence-electron chi connectivity index (χ2n) is 8.64. The maximum Gasteiger partial charge on any atom is 0.290 e. The molecule has 6 nitrogen and oxygen atoms in total. The van der Waals surface area contributed by atoms with E-state index in [0.29, 0.717) is 29.0 Å². The van der Waals surface area contributed by atoms with Gasteiger partial charge in [-0.3, -0.25) is 9.59 Å². The van der Waals surface area contributed by atoms with Crippen LogP contribution in [0.3, 0.4) is 0 Å². The summed E-state index contributed by atoms with van der Waals surface area (Å²) in [5, 5.41) is 10.5. The fraction of sp³-hybridized carbons (Fsp3) is 0.360. The smallest absolute Gasteiger partial charge is 0.290 e.